The Morgan fingerprint density at radius 2 is 2.00 bits per heavy atom. The zero-order valence-corrected chi connectivity index (χ0v) is 18.0. The molecular formula is C27H31NO2. The summed E-state index contributed by atoms with van der Waals surface area (Å²) in [5.74, 6) is 0.325. The minimum absolute atomic E-state index is 0.217. The van der Waals surface area contributed by atoms with E-state index in [9.17, 15) is 9.90 Å². The van der Waals surface area contributed by atoms with E-state index in [4.69, 9.17) is 0 Å². The number of hydrogen-bond acceptors (Lipinski definition) is 2. The van der Waals surface area contributed by atoms with Crippen LogP contribution in [0.25, 0.3) is 6.08 Å². The van der Waals surface area contributed by atoms with Gasteiger partial charge in [-0.2, -0.15) is 0 Å². The van der Waals surface area contributed by atoms with Gasteiger partial charge in [-0.05, 0) is 85.4 Å². The summed E-state index contributed by atoms with van der Waals surface area (Å²) < 4.78 is 0. The van der Waals surface area contributed by atoms with Gasteiger partial charge in [-0.15, -0.1) is 0 Å². The third kappa shape index (κ3) is 3.11. The molecule has 3 nitrogen and oxygen atoms in total. The Morgan fingerprint density at radius 1 is 1.17 bits per heavy atom. The summed E-state index contributed by atoms with van der Waals surface area (Å²) in [5, 5.41) is 9.24. The molecule has 0 amide bonds. The molecule has 2 aromatic rings. The number of carboxylic acids is 1. The van der Waals surface area contributed by atoms with Crippen molar-refractivity contribution in [1.82, 2.24) is 4.90 Å². The van der Waals surface area contributed by atoms with Crippen molar-refractivity contribution in [3.63, 3.8) is 0 Å². The maximum absolute atomic E-state index is 11.2. The maximum Gasteiger partial charge on any atom is 0.335 e. The molecule has 1 heterocycles. The highest BCUT2D eigenvalue weighted by molar-refractivity contribution is 5.87. The van der Waals surface area contributed by atoms with Gasteiger partial charge in [-0.25, -0.2) is 4.79 Å². The molecule has 1 aliphatic heterocycles. The van der Waals surface area contributed by atoms with E-state index in [1.165, 1.54) is 42.4 Å². The molecule has 5 rings (SSSR count). The lowest BCUT2D eigenvalue weighted by atomic mass is 9.68. The number of carbonyl (C=O) groups is 1. The molecular weight excluding hydrogens is 370 g/mol. The standard InChI is InChI=1S/C27H31NO2/c1-18-15-22(26(29)30)8-10-24(18)21-7-9-23(16-21)28-14-13-27(19(2)17-28)12-11-20-5-3-4-6-25(20)27/h3-6,8,10-12,15,19,21,23H,7,9,13-14,16-17H2,1-2H3,(H,29,30)/t19-,21?,23?,27?/m0/s1. The van der Waals surface area contributed by atoms with Gasteiger partial charge in [0.05, 0.1) is 5.56 Å². The van der Waals surface area contributed by atoms with Gasteiger partial charge in [-0.1, -0.05) is 49.4 Å². The molecule has 0 bridgehead atoms. The van der Waals surface area contributed by atoms with Crippen molar-refractivity contribution in [3.05, 3.63) is 76.4 Å². The number of allylic oxidation sites excluding steroid dienone is 1. The van der Waals surface area contributed by atoms with Gasteiger partial charge in [0.2, 0.25) is 0 Å². The Balaban J connectivity index is 1.28. The third-order valence-corrected chi connectivity index (χ3v) is 8.10. The van der Waals surface area contributed by atoms with Crippen molar-refractivity contribution < 1.29 is 9.90 Å². The molecule has 1 N–H and O–H groups in total. The molecule has 2 fully saturated rings. The lowest BCUT2D eigenvalue weighted by molar-refractivity contribution is 0.0696. The van der Waals surface area contributed by atoms with Crippen LogP contribution in [0.3, 0.4) is 0 Å². The molecule has 30 heavy (non-hydrogen) atoms. The molecule has 1 spiro atoms. The fourth-order valence-corrected chi connectivity index (χ4v) is 6.39. The highest BCUT2D eigenvalue weighted by atomic mass is 16.4. The normalized spacial score (nSPS) is 30.7. The van der Waals surface area contributed by atoms with Crippen molar-refractivity contribution in [2.45, 2.75) is 56.9 Å². The third-order valence-electron chi connectivity index (χ3n) is 8.10. The molecule has 1 saturated heterocycles. The predicted octanol–water partition coefficient (Wildman–Crippen LogP) is 5.64. The summed E-state index contributed by atoms with van der Waals surface area (Å²) in [6.07, 6.45) is 9.66. The van der Waals surface area contributed by atoms with Crippen LogP contribution in [0.2, 0.25) is 0 Å². The number of aryl methyl sites for hydroxylation is 1. The summed E-state index contributed by atoms with van der Waals surface area (Å²) in [6.45, 7) is 6.82. The molecule has 0 radical (unpaired) electrons. The fraction of sp³-hybridized carbons (Fsp3) is 0.444. The van der Waals surface area contributed by atoms with E-state index in [1.807, 2.05) is 6.07 Å². The Bertz CT molecular complexity index is 1010. The highest BCUT2D eigenvalue weighted by Gasteiger charge is 2.45. The average molecular weight is 402 g/mol. The Hall–Kier alpha value is -2.39. The quantitative estimate of drug-likeness (QED) is 0.724. The minimum Gasteiger partial charge on any atom is -0.478 e. The van der Waals surface area contributed by atoms with Crippen LogP contribution >= 0.6 is 0 Å². The van der Waals surface area contributed by atoms with Crippen LogP contribution in [0.4, 0.5) is 0 Å². The smallest absolute Gasteiger partial charge is 0.335 e. The second kappa shape index (κ2) is 7.39. The largest absolute Gasteiger partial charge is 0.478 e. The minimum atomic E-state index is -0.840. The molecule has 3 aliphatic rings. The summed E-state index contributed by atoms with van der Waals surface area (Å²) in [4.78, 5) is 14.0. The highest BCUT2D eigenvalue weighted by Crippen LogP contribution is 2.48. The van der Waals surface area contributed by atoms with E-state index in [0.717, 1.165) is 18.7 Å². The van der Waals surface area contributed by atoms with E-state index in [0.29, 0.717) is 23.4 Å². The number of aromatic carboxylic acids is 1. The Kier molecular flexibility index (Phi) is 4.82. The fourth-order valence-electron chi connectivity index (χ4n) is 6.39. The summed E-state index contributed by atoms with van der Waals surface area (Å²) >= 11 is 0. The second-order valence-electron chi connectivity index (χ2n) is 9.65. The summed E-state index contributed by atoms with van der Waals surface area (Å²) in [7, 11) is 0. The molecule has 4 atom stereocenters. The van der Waals surface area contributed by atoms with Crippen molar-refractivity contribution in [2.24, 2.45) is 5.92 Å². The van der Waals surface area contributed by atoms with Crippen molar-refractivity contribution in [2.75, 3.05) is 13.1 Å². The van der Waals surface area contributed by atoms with Crippen LogP contribution < -0.4 is 0 Å². The van der Waals surface area contributed by atoms with Gasteiger partial charge in [0.15, 0.2) is 0 Å². The first kappa shape index (κ1) is 19.6. The van der Waals surface area contributed by atoms with Crippen molar-refractivity contribution in [3.8, 4) is 0 Å². The second-order valence-corrected chi connectivity index (χ2v) is 9.65. The number of carboxylic acid groups (broad SMARTS) is 1. The van der Waals surface area contributed by atoms with E-state index < -0.39 is 5.97 Å². The number of hydrogen-bond donors (Lipinski definition) is 1. The van der Waals surface area contributed by atoms with E-state index in [-0.39, 0.29) is 5.41 Å². The zero-order valence-electron chi connectivity index (χ0n) is 18.0. The number of fused-ring (bicyclic) bond motifs is 2. The van der Waals surface area contributed by atoms with Gasteiger partial charge in [0.25, 0.3) is 0 Å². The molecule has 3 heteroatoms. The topological polar surface area (TPSA) is 40.5 Å². The lowest BCUT2D eigenvalue weighted by Gasteiger charge is -2.46. The van der Waals surface area contributed by atoms with Gasteiger partial charge >= 0.3 is 5.97 Å². The number of piperidine rings is 1. The molecule has 2 aromatic carbocycles. The van der Waals surface area contributed by atoms with Gasteiger partial charge in [0.1, 0.15) is 0 Å². The van der Waals surface area contributed by atoms with E-state index in [1.54, 1.807) is 6.07 Å². The van der Waals surface area contributed by atoms with Crippen LogP contribution in [0, 0.1) is 12.8 Å². The monoisotopic (exact) mass is 401 g/mol. The van der Waals surface area contributed by atoms with Gasteiger partial charge in [0, 0.05) is 18.0 Å². The molecule has 3 unspecified atom stereocenters. The molecule has 0 aromatic heterocycles. The van der Waals surface area contributed by atoms with Crippen LogP contribution in [-0.2, 0) is 5.41 Å². The van der Waals surface area contributed by atoms with Gasteiger partial charge in [-0.3, -0.25) is 0 Å². The van der Waals surface area contributed by atoms with E-state index >= 15 is 0 Å². The number of likely N-dealkylation sites (tertiary alicyclic amines) is 1. The molecule has 1 saturated carbocycles. The number of benzene rings is 2. The van der Waals surface area contributed by atoms with Crippen molar-refractivity contribution in [1.29, 1.82) is 0 Å². The van der Waals surface area contributed by atoms with Crippen molar-refractivity contribution >= 4 is 12.0 Å². The average Bonchev–Trinajstić information content (AvgIpc) is 3.37. The van der Waals surface area contributed by atoms with E-state index in [2.05, 4.69) is 61.2 Å². The molecule has 156 valence electrons. The Morgan fingerprint density at radius 3 is 2.77 bits per heavy atom. The first-order chi connectivity index (χ1) is 14.5. The lowest BCUT2D eigenvalue weighted by Crippen LogP contribution is -2.50. The summed E-state index contributed by atoms with van der Waals surface area (Å²) in [5.41, 5.74) is 6.00. The first-order valence-corrected chi connectivity index (χ1v) is 11.3. The van der Waals surface area contributed by atoms with Crippen LogP contribution in [0.15, 0.2) is 48.5 Å². The first-order valence-electron chi connectivity index (χ1n) is 11.3. The van der Waals surface area contributed by atoms with Crippen LogP contribution in [0.1, 0.15) is 71.1 Å². The van der Waals surface area contributed by atoms with Crippen LogP contribution in [0.5, 0.6) is 0 Å². The maximum atomic E-state index is 11.2. The number of rotatable bonds is 3. The predicted molar refractivity (Wildman–Crippen MR) is 121 cm³/mol. The Labute approximate surface area is 179 Å². The summed E-state index contributed by atoms with van der Waals surface area (Å²) in [6, 6.07) is 15.2. The van der Waals surface area contributed by atoms with Gasteiger partial charge < -0.3 is 10.0 Å². The number of nitrogens with zero attached hydrogens (tertiary/aromatic N) is 1. The van der Waals surface area contributed by atoms with Crippen LogP contribution in [-0.4, -0.2) is 35.1 Å². The zero-order chi connectivity index (χ0) is 20.9. The molecule has 2 aliphatic carbocycles. The SMILES string of the molecule is Cc1cc(C(=O)O)ccc1C1CCC(N2CCC3(C=Cc4ccccc43)[C@@H](C)C2)C1.